The summed E-state index contributed by atoms with van der Waals surface area (Å²) in [5, 5.41) is 120. The molecule has 3 rings (SSSR count). The number of hydrogen-bond acceptors (Lipinski definition) is 18. The maximum atomic E-state index is 13.2. The number of hydrogen-bond donors (Lipinski definition) is 12. The SMILES string of the molecule is CC/C=C\C/C=C\C/C=C\C/C=C\C/C=C\CCCCCCCCCCCCCCCCCC(=O)NC(COC1OC(CO)C(OC2OC(CO)C(OC3OC(CO)C(O)C(O)C3O)C(O)C2O)C(O)C1O)C(O)/C=C/CCCCCC. The van der Waals surface area contributed by atoms with E-state index in [1.54, 1.807) is 6.08 Å². The van der Waals surface area contributed by atoms with Crippen molar-refractivity contribution in [3.63, 3.8) is 0 Å². The van der Waals surface area contributed by atoms with Gasteiger partial charge in [-0.05, 0) is 64.2 Å². The molecule has 3 fully saturated rings. The predicted molar refractivity (Wildman–Crippen MR) is 314 cm³/mol. The van der Waals surface area contributed by atoms with Gasteiger partial charge in [0.15, 0.2) is 18.9 Å². The van der Waals surface area contributed by atoms with Gasteiger partial charge in [0.1, 0.15) is 73.2 Å². The highest BCUT2D eigenvalue weighted by atomic mass is 16.8. The lowest BCUT2D eigenvalue weighted by Crippen LogP contribution is -2.66. The van der Waals surface area contributed by atoms with E-state index in [9.17, 15) is 61.0 Å². The molecule has 12 N–H and O–H groups in total. The zero-order valence-electron chi connectivity index (χ0n) is 49.4. The van der Waals surface area contributed by atoms with Gasteiger partial charge in [-0.15, -0.1) is 0 Å². The molecule has 0 aromatic heterocycles. The summed E-state index contributed by atoms with van der Waals surface area (Å²) in [6.07, 6.45) is 28.1. The highest BCUT2D eigenvalue weighted by Crippen LogP contribution is 2.33. The van der Waals surface area contributed by atoms with E-state index in [1.807, 2.05) is 6.08 Å². The van der Waals surface area contributed by atoms with Gasteiger partial charge in [-0.3, -0.25) is 4.79 Å². The lowest BCUT2D eigenvalue weighted by atomic mass is 9.96. The van der Waals surface area contributed by atoms with Crippen LogP contribution in [0, 0.1) is 0 Å². The number of aliphatic hydroxyl groups excluding tert-OH is 11. The van der Waals surface area contributed by atoms with Crippen LogP contribution in [0.5, 0.6) is 0 Å². The van der Waals surface area contributed by atoms with Crippen LogP contribution >= 0.6 is 0 Å². The molecule has 0 radical (unpaired) electrons. The number of aliphatic hydroxyl groups is 11. The Morgan fingerprint density at radius 1 is 0.451 bits per heavy atom. The number of amides is 1. The Morgan fingerprint density at radius 3 is 1.32 bits per heavy atom. The van der Waals surface area contributed by atoms with Crippen molar-refractivity contribution in [3.05, 3.63) is 72.9 Å². The molecule has 17 unspecified atom stereocenters. The maximum Gasteiger partial charge on any atom is 0.220 e. The highest BCUT2D eigenvalue weighted by Gasteiger charge is 2.53. The predicted octanol–water partition coefficient (Wildman–Crippen LogP) is 6.21. The van der Waals surface area contributed by atoms with Crippen molar-refractivity contribution in [1.29, 1.82) is 0 Å². The summed E-state index contributed by atoms with van der Waals surface area (Å²) in [5.41, 5.74) is 0. The van der Waals surface area contributed by atoms with E-state index in [4.69, 9.17) is 28.4 Å². The lowest BCUT2D eigenvalue weighted by molar-refractivity contribution is -0.379. The number of nitrogens with one attached hydrogen (secondary N) is 1. The van der Waals surface area contributed by atoms with Crippen molar-refractivity contribution in [2.24, 2.45) is 0 Å². The minimum absolute atomic E-state index is 0.239. The van der Waals surface area contributed by atoms with Gasteiger partial charge in [-0.25, -0.2) is 0 Å². The molecule has 19 heteroatoms. The number of unbranched alkanes of at least 4 members (excludes halogenated alkanes) is 19. The zero-order chi connectivity index (χ0) is 59.7. The fourth-order valence-electron chi connectivity index (χ4n) is 10.2. The fourth-order valence-corrected chi connectivity index (χ4v) is 10.2. The number of ether oxygens (including phenoxy) is 6. The van der Waals surface area contributed by atoms with Gasteiger partial charge in [0.25, 0.3) is 0 Å². The Kier molecular flexibility index (Phi) is 40.8. The molecular formula is C63H109NO18. The summed E-state index contributed by atoms with van der Waals surface area (Å²) in [6, 6.07) is -0.972. The standard InChI is InChI=1S/C63H109NO18/c1-3-5-7-9-11-12-13-14-15-16-17-18-19-20-21-22-23-24-25-26-27-28-29-30-31-32-33-34-35-37-39-41-51(69)64-46(47(68)40-38-36-10-8-6-4-2)45-77-61-57(75)54(72)59(49(43-66)79-61)82-63-58(76)55(73)60(50(44-67)80-63)81-62-56(74)53(71)52(70)48(42-65)78-62/h5,7,11-12,14-15,17-18,20-21,38,40,46-50,52-63,65-68,70-76H,3-4,6,8-10,13,16,19,22-37,39,41-45H2,1-2H3,(H,64,69)/b7-5-,12-11-,15-14-,18-17-,21-20-,40-38+. The highest BCUT2D eigenvalue weighted by molar-refractivity contribution is 5.76. The van der Waals surface area contributed by atoms with E-state index < -0.39 is 124 Å². The first kappa shape index (κ1) is 73.5. The molecule has 3 aliphatic heterocycles. The molecule has 3 aliphatic rings. The number of rotatable bonds is 45. The normalized spacial score (nSPS) is 30.1. The summed E-state index contributed by atoms with van der Waals surface area (Å²) < 4.78 is 34.1. The van der Waals surface area contributed by atoms with Gasteiger partial charge in [-0.2, -0.15) is 0 Å². The van der Waals surface area contributed by atoms with Crippen LogP contribution in [0.15, 0.2) is 72.9 Å². The van der Waals surface area contributed by atoms with Gasteiger partial charge >= 0.3 is 0 Å². The van der Waals surface area contributed by atoms with Crippen molar-refractivity contribution < 1.29 is 89.4 Å². The van der Waals surface area contributed by atoms with E-state index >= 15 is 0 Å². The molecule has 1 amide bonds. The molecule has 0 aromatic carbocycles. The van der Waals surface area contributed by atoms with Crippen molar-refractivity contribution in [2.75, 3.05) is 26.4 Å². The van der Waals surface area contributed by atoms with E-state index in [1.165, 1.54) is 77.0 Å². The molecule has 0 saturated carbocycles. The molecule has 19 nitrogen and oxygen atoms in total. The van der Waals surface area contributed by atoms with Crippen LogP contribution in [0.2, 0.25) is 0 Å². The third-order valence-corrected chi connectivity index (χ3v) is 15.3. The fraction of sp³-hybridized carbons (Fsp3) is 0.794. The maximum absolute atomic E-state index is 13.2. The van der Waals surface area contributed by atoms with E-state index in [2.05, 4.69) is 79.9 Å². The number of carbonyl (C=O) groups is 1. The minimum atomic E-state index is -1.98. The van der Waals surface area contributed by atoms with Crippen molar-refractivity contribution in [3.8, 4) is 0 Å². The van der Waals surface area contributed by atoms with Crippen LogP contribution in [0.1, 0.15) is 187 Å². The Morgan fingerprint density at radius 2 is 0.841 bits per heavy atom. The van der Waals surface area contributed by atoms with Crippen LogP contribution in [-0.4, -0.2) is 193 Å². The van der Waals surface area contributed by atoms with Gasteiger partial charge in [0.05, 0.1) is 38.6 Å². The minimum Gasteiger partial charge on any atom is -0.394 e. The third-order valence-electron chi connectivity index (χ3n) is 15.3. The summed E-state index contributed by atoms with van der Waals surface area (Å²) >= 11 is 0. The van der Waals surface area contributed by atoms with Crippen LogP contribution in [0.3, 0.4) is 0 Å². The molecule has 474 valence electrons. The van der Waals surface area contributed by atoms with Crippen LogP contribution in [0.25, 0.3) is 0 Å². The van der Waals surface area contributed by atoms with Gasteiger partial charge in [0.2, 0.25) is 5.91 Å². The number of allylic oxidation sites excluding steroid dienone is 11. The molecule has 82 heavy (non-hydrogen) atoms. The second kappa shape index (κ2) is 45.5. The largest absolute Gasteiger partial charge is 0.394 e. The molecule has 3 saturated heterocycles. The van der Waals surface area contributed by atoms with Gasteiger partial charge < -0.3 is 89.9 Å². The van der Waals surface area contributed by atoms with E-state index in [0.717, 1.165) is 83.5 Å². The molecule has 0 aromatic rings. The molecular weight excluding hydrogens is 1060 g/mol. The molecule has 17 atom stereocenters. The summed E-state index contributed by atoms with van der Waals surface area (Å²) in [7, 11) is 0. The average molecular weight is 1170 g/mol. The quantitative estimate of drug-likeness (QED) is 0.0238. The third kappa shape index (κ3) is 28.6. The first-order valence-electron chi connectivity index (χ1n) is 31.2. The second-order valence-corrected chi connectivity index (χ2v) is 22.1. The topological polar surface area (TPSA) is 307 Å². The molecule has 0 bridgehead atoms. The van der Waals surface area contributed by atoms with Crippen LogP contribution in [0.4, 0.5) is 0 Å². The van der Waals surface area contributed by atoms with Crippen molar-refractivity contribution in [1.82, 2.24) is 5.32 Å². The van der Waals surface area contributed by atoms with Crippen LogP contribution < -0.4 is 5.32 Å². The summed E-state index contributed by atoms with van der Waals surface area (Å²) in [6.45, 7) is 1.49. The number of carbonyl (C=O) groups excluding carboxylic acids is 1. The van der Waals surface area contributed by atoms with Crippen LogP contribution in [-0.2, 0) is 33.2 Å². The Bertz CT molecular complexity index is 1780. The average Bonchev–Trinajstić information content (AvgIpc) is 3.60. The van der Waals surface area contributed by atoms with Gasteiger partial charge in [-0.1, -0.05) is 189 Å². The molecule has 0 spiro atoms. The lowest BCUT2D eigenvalue weighted by Gasteiger charge is -2.48. The summed E-state index contributed by atoms with van der Waals surface area (Å²) in [5.74, 6) is -0.285. The van der Waals surface area contributed by atoms with Crippen molar-refractivity contribution >= 4 is 5.91 Å². The van der Waals surface area contributed by atoms with Gasteiger partial charge in [0, 0.05) is 6.42 Å². The first-order valence-corrected chi connectivity index (χ1v) is 31.2. The van der Waals surface area contributed by atoms with Crippen molar-refractivity contribution in [2.45, 2.75) is 291 Å². The first-order chi connectivity index (χ1) is 39.8. The molecule has 0 aliphatic carbocycles. The Labute approximate surface area is 489 Å². The second-order valence-electron chi connectivity index (χ2n) is 22.1. The molecule has 3 heterocycles. The smallest absolute Gasteiger partial charge is 0.220 e. The zero-order valence-corrected chi connectivity index (χ0v) is 49.4. The van der Waals surface area contributed by atoms with E-state index in [-0.39, 0.29) is 18.9 Å². The Hall–Kier alpha value is -2.77. The summed E-state index contributed by atoms with van der Waals surface area (Å²) in [4.78, 5) is 13.2. The monoisotopic (exact) mass is 1170 g/mol. The Balaban J connectivity index is 1.33. The van der Waals surface area contributed by atoms with E-state index in [0.29, 0.717) is 6.42 Å².